The molecule has 33 heavy (non-hydrogen) atoms. The molecule has 1 unspecified atom stereocenters. The van der Waals surface area contributed by atoms with Crippen molar-refractivity contribution < 1.29 is 13.7 Å². The Morgan fingerprint density at radius 2 is 1.88 bits per heavy atom. The molecule has 0 aliphatic rings. The molecule has 0 saturated carbocycles. The van der Waals surface area contributed by atoms with Gasteiger partial charge in [-0.05, 0) is 36.3 Å². The summed E-state index contributed by atoms with van der Waals surface area (Å²) in [5.74, 6) is -0.0442. The highest BCUT2D eigenvalue weighted by atomic mass is 32.2. The number of ether oxygens (including phenoxy) is 1. The number of carbonyl (C=O) groups excluding carboxylic acids is 1. The van der Waals surface area contributed by atoms with Crippen LogP contribution >= 0.6 is 0 Å². The van der Waals surface area contributed by atoms with Crippen molar-refractivity contribution in [2.75, 3.05) is 17.6 Å². The van der Waals surface area contributed by atoms with E-state index >= 15 is 0 Å². The molecule has 0 aliphatic carbocycles. The van der Waals surface area contributed by atoms with Crippen molar-refractivity contribution >= 4 is 22.6 Å². The Bertz CT molecular complexity index is 1080. The van der Waals surface area contributed by atoms with E-state index in [1.54, 1.807) is 20.1 Å². The summed E-state index contributed by atoms with van der Waals surface area (Å²) >= 11 is 0. The van der Waals surface area contributed by atoms with Gasteiger partial charge in [-0.3, -0.25) is 4.79 Å². The van der Waals surface area contributed by atoms with E-state index in [4.69, 9.17) is 10.5 Å². The summed E-state index contributed by atoms with van der Waals surface area (Å²) in [5, 5.41) is 15.5. The SMILES string of the molecule is CS(=O)Nc1ccccc1Cn1nnc([C@@H](COCc2ccccc2)NC(=O)C(C)(C)N)n1. The Morgan fingerprint density at radius 1 is 1.18 bits per heavy atom. The zero-order chi connectivity index (χ0) is 23.8. The van der Waals surface area contributed by atoms with Gasteiger partial charge in [0.05, 0.1) is 31.0 Å². The third-order valence-corrected chi connectivity index (χ3v) is 5.16. The molecule has 1 amide bonds. The van der Waals surface area contributed by atoms with Crippen molar-refractivity contribution in [2.24, 2.45) is 5.73 Å². The number of para-hydroxylation sites is 1. The largest absolute Gasteiger partial charge is 0.374 e. The van der Waals surface area contributed by atoms with E-state index in [0.29, 0.717) is 19.0 Å². The van der Waals surface area contributed by atoms with E-state index < -0.39 is 22.6 Å². The molecule has 3 aromatic rings. The van der Waals surface area contributed by atoms with Gasteiger partial charge in [-0.1, -0.05) is 48.5 Å². The minimum Gasteiger partial charge on any atom is -0.374 e. The summed E-state index contributed by atoms with van der Waals surface area (Å²) < 4.78 is 20.3. The second-order valence-electron chi connectivity index (χ2n) is 8.14. The molecular formula is C22H29N7O3S. The Hall–Kier alpha value is -3.15. The zero-order valence-corrected chi connectivity index (χ0v) is 19.7. The fourth-order valence-electron chi connectivity index (χ4n) is 2.92. The van der Waals surface area contributed by atoms with Crippen molar-refractivity contribution in [1.82, 2.24) is 25.5 Å². The quantitative estimate of drug-likeness (QED) is 0.386. The molecule has 10 nitrogen and oxygen atoms in total. The van der Waals surface area contributed by atoms with Crippen LogP contribution in [0.5, 0.6) is 0 Å². The van der Waals surface area contributed by atoms with Crippen molar-refractivity contribution in [3.05, 3.63) is 71.5 Å². The summed E-state index contributed by atoms with van der Waals surface area (Å²) in [5.41, 5.74) is 7.45. The first-order chi connectivity index (χ1) is 15.7. The van der Waals surface area contributed by atoms with Gasteiger partial charge in [0.1, 0.15) is 17.0 Å². The molecule has 0 radical (unpaired) electrons. The van der Waals surface area contributed by atoms with Gasteiger partial charge in [0.2, 0.25) is 5.91 Å². The van der Waals surface area contributed by atoms with Crippen LogP contribution in [-0.4, -0.2) is 48.7 Å². The predicted molar refractivity (Wildman–Crippen MR) is 126 cm³/mol. The Labute approximate surface area is 195 Å². The van der Waals surface area contributed by atoms with E-state index in [9.17, 15) is 9.00 Å². The van der Waals surface area contributed by atoms with Crippen LogP contribution < -0.4 is 15.8 Å². The van der Waals surface area contributed by atoms with E-state index in [0.717, 1.165) is 16.8 Å². The monoisotopic (exact) mass is 471 g/mol. The van der Waals surface area contributed by atoms with Crippen molar-refractivity contribution in [3.63, 3.8) is 0 Å². The first-order valence-corrected chi connectivity index (χ1v) is 12.0. The van der Waals surface area contributed by atoms with Crippen LogP contribution in [-0.2, 0) is 33.7 Å². The number of benzene rings is 2. The zero-order valence-electron chi connectivity index (χ0n) is 18.9. The molecule has 0 bridgehead atoms. The highest BCUT2D eigenvalue weighted by molar-refractivity contribution is 7.85. The lowest BCUT2D eigenvalue weighted by Crippen LogP contribution is -2.50. The number of hydrogen-bond donors (Lipinski definition) is 3. The van der Waals surface area contributed by atoms with E-state index in [-0.39, 0.29) is 12.5 Å². The fourth-order valence-corrected chi connectivity index (χ4v) is 3.43. The molecule has 3 rings (SSSR count). The van der Waals surface area contributed by atoms with Gasteiger partial charge in [0.15, 0.2) is 5.82 Å². The average Bonchev–Trinajstić information content (AvgIpc) is 3.22. The topological polar surface area (TPSA) is 137 Å². The second-order valence-corrected chi connectivity index (χ2v) is 9.25. The minimum absolute atomic E-state index is 0.148. The number of nitrogens with zero attached hydrogens (tertiary/aromatic N) is 4. The lowest BCUT2D eigenvalue weighted by molar-refractivity contribution is -0.126. The van der Waals surface area contributed by atoms with Crippen LogP contribution in [0.25, 0.3) is 0 Å². The standard InChI is InChI=1S/C22H29N7O3S/c1-22(2,23)21(30)24-19(15-32-14-16-9-5-4-6-10-16)20-25-28-29(26-20)13-17-11-7-8-12-18(17)27-33(3)31/h4-12,19,27H,13-15,23H2,1-3H3,(H,24,30)/t19-,33?/m1/s1. The molecular weight excluding hydrogens is 442 g/mol. The maximum atomic E-state index is 12.5. The van der Waals surface area contributed by atoms with Gasteiger partial charge in [-0.25, -0.2) is 4.21 Å². The number of nitrogens with one attached hydrogen (secondary N) is 2. The molecule has 2 aromatic carbocycles. The van der Waals surface area contributed by atoms with Gasteiger partial charge < -0.3 is 20.5 Å². The van der Waals surface area contributed by atoms with Crippen LogP contribution in [0.15, 0.2) is 54.6 Å². The predicted octanol–water partition coefficient (Wildman–Crippen LogP) is 1.54. The van der Waals surface area contributed by atoms with E-state index in [1.165, 1.54) is 4.80 Å². The Morgan fingerprint density at radius 3 is 2.58 bits per heavy atom. The number of anilines is 1. The van der Waals surface area contributed by atoms with Crippen LogP contribution in [0.4, 0.5) is 5.69 Å². The molecule has 0 aliphatic heterocycles. The number of rotatable bonds is 11. The Kier molecular flexibility index (Phi) is 8.26. The summed E-state index contributed by atoms with van der Waals surface area (Å²) in [6, 6.07) is 16.5. The highest BCUT2D eigenvalue weighted by Crippen LogP contribution is 2.17. The number of carbonyl (C=O) groups is 1. The first-order valence-electron chi connectivity index (χ1n) is 10.4. The lowest BCUT2D eigenvalue weighted by Gasteiger charge is -2.22. The summed E-state index contributed by atoms with van der Waals surface area (Å²) in [4.78, 5) is 13.9. The molecule has 11 heteroatoms. The van der Waals surface area contributed by atoms with Gasteiger partial charge in [0.25, 0.3) is 0 Å². The molecule has 1 aromatic heterocycles. The number of aromatic nitrogens is 4. The number of amides is 1. The lowest BCUT2D eigenvalue weighted by atomic mass is 10.1. The second kappa shape index (κ2) is 11.1. The molecule has 1 heterocycles. The maximum absolute atomic E-state index is 12.5. The Balaban J connectivity index is 1.74. The van der Waals surface area contributed by atoms with Crippen LogP contribution in [0.3, 0.4) is 0 Å². The molecule has 4 N–H and O–H groups in total. The maximum Gasteiger partial charge on any atom is 0.240 e. The van der Waals surface area contributed by atoms with Crippen LogP contribution in [0, 0.1) is 0 Å². The van der Waals surface area contributed by atoms with E-state index in [2.05, 4.69) is 25.4 Å². The summed E-state index contributed by atoms with van der Waals surface area (Å²) in [7, 11) is -1.21. The third kappa shape index (κ3) is 7.45. The highest BCUT2D eigenvalue weighted by Gasteiger charge is 2.27. The summed E-state index contributed by atoms with van der Waals surface area (Å²) in [6.07, 6.45) is 1.56. The third-order valence-electron chi connectivity index (χ3n) is 4.65. The normalized spacial score (nSPS) is 13.3. The number of nitrogens with two attached hydrogens (primary N) is 1. The van der Waals surface area contributed by atoms with Crippen LogP contribution in [0.1, 0.15) is 36.8 Å². The smallest absolute Gasteiger partial charge is 0.240 e. The minimum atomic E-state index is -1.21. The van der Waals surface area contributed by atoms with Crippen molar-refractivity contribution in [1.29, 1.82) is 0 Å². The van der Waals surface area contributed by atoms with Gasteiger partial charge in [0, 0.05) is 6.26 Å². The number of hydrogen-bond acceptors (Lipinski definition) is 7. The molecule has 0 spiro atoms. The van der Waals surface area contributed by atoms with Crippen LogP contribution in [0.2, 0.25) is 0 Å². The molecule has 176 valence electrons. The fraction of sp³-hybridized carbons (Fsp3) is 0.364. The molecule has 0 fully saturated rings. The van der Waals surface area contributed by atoms with Gasteiger partial charge in [-0.15, -0.1) is 10.2 Å². The molecule has 2 atom stereocenters. The number of tetrazole rings is 1. The molecule has 0 saturated heterocycles. The summed E-state index contributed by atoms with van der Waals surface area (Å²) in [6.45, 7) is 4.07. The first kappa shape index (κ1) is 24.5. The van der Waals surface area contributed by atoms with Gasteiger partial charge in [-0.2, -0.15) is 4.80 Å². The van der Waals surface area contributed by atoms with Crippen molar-refractivity contribution in [3.8, 4) is 0 Å². The van der Waals surface area contributed by atoms with Gasteiger partial charge >= 0.3 is 0 Å². The van der Waals surface area contributed by atoms with E-state index in [1.807, 2.05) is 54.6 Å². The van der Waals surface area contributed by atoms with Crippen molar-refractivity contribution in [2.45, 2.75) is 38.6 Å². The average molecular weight is 472 g/mol.